The number of hydrogen-bond donors (Lipinski definition) is 0. The SMILES string of the molecule is CCSC(=O)C1CC1. The van der Waals surface area contributed by atoms with Gasteiger partial charge in [-0.25, -0.2) is 0 Å². The van der Waals surface area contributed by atoms with Crippen molar-refractivity contribution in [3.05, 3.63) is 0 Å². The van der Waals surface area contributed by atoms with Crippen LogP contribution in [0.2, 0.25) is 0 Å². The molecule has 1 aliphatic carbocycles. The molecule has 0 aromatic heterocycles. The van der Waals surface area contributed by atoms with Crippen LogP contribution in [0.1, 0.15) is 19.8 Å². The van der Waals surface area contributed by atoms with Crippen LogP contribution in [0.15, 0.2) is 0 Å². The van der Waals surface area contributed by atoms with Crippen molar-refractivity contribution in [3.8, 4) is 0 Å². The third-order valence-electron chi connectivity index (χ3n) is 1.20. The second-order valence-corrected chi connectivity index (χ2v) is 3.29. The van der Waals surface area contributed by atoms with Crippen molar-refractivity contribution in [1.82, 2.24) is 0 Å². The molecular formula is C6H10OS. The Labute approximate surface area is 53.8 Å². The van der Waals surface area contributed by atoms with E-state index >= 15 is 0 Å². The molecule has 0 aromatic rings. The fourth-order valence-electron chi connectivity index (χ4n) is 0.579. The van der Waals surface area contributed by atoms with Crippen molar-refractivity contribution < 1.29 is 4.79 Å². The molecule has 0 spiro atoms. The first-order chi connectivity index (χ1) is 3.84. The minimum Gasteiger partial charge on any atom is -0.287 e. The van der Waals surface area contributed by atoms with Crippen LogP contribution in [0.3, 0.4) is 0 Å². The summed E-state index contributed by atoms with van der Waals surface area (Å²) < 4.78 is 0. The van der Waals surface area contributed by atoms with Crippen LogP contribution in [-0.2, 0) is 4.79 Å². The predicted octanol–water partition coefficient (Wildman–Crippen LogP) is 1.68. The molecule has 1 saturated carbocycles. The topological polar surface area (TPSA) is 17.1 Å². The van der Waals surface area contributed by atoms with Gasteiger partial charge in [0.2, 0.25) is 0 Å². The summed E-state index contributed by atoms with van der Waals surface area (Å²) in [7, 11) is 0. The van der Waals surface area contributed by atoms with E-state index in [1.807, 2.05) is 6.92 Å². The van der Waals surface area contributed by atoms with Crippen molar-refractivity contribution in [2.45, 2.75) is 19.8 Å². The Morgan fingerprint density at radius 2 is 2.38 bits per heavy atom. The number of thioether (sulfide) groups is 1. The van der Waals surface area contributed by atoms with Crippen LogP contribution in [0, 0.1) is 5.92 Å². The Hall–Kier alpha value is 0.0200. The molecule has 0 saturated heterocycles. The molecule has 0 heterocycles. The molecule has 0 bridgehead atoms. The highest BCUT2D eigenvalue weighted by Crippen LogP contribution is 2.33. The maximum absolute atomic E-state index is 10.8. The lowest BCUT2D eigenvalue weighted by Gasteiger charge is -1.89. The first-order valence-corrected chi connectivity index (χ1v) is 3.99. The van der Waals surface area contributed by atoms with E-state index in [1.165, 1.54) is 11.8 Å². The fraction of sp³-hybridized carbons (Fsp3) is 0.833. The summed E-state index contributed by atoms with van der Waals surface area (Å²) in [6.45, 7) is 2.02. The van der Waals surface area contributed by atoms with Gasteiger partial charge in [-0.15, -0.1) is 0 Å². The van der Waals surface area contributed by atoms with Gasteiger partial charge in [0.25, 0.3) is 0 Å². The van der Waals surface area contributed by atoms with E-state index in [0.717, 1.165) is 18.6 Å². The van der Waals surface area contributed by atoms with Gasteiger partial charge in [-0.05, 0) is 18.6 Å². The van der Waals surface area contributed by atoms with Gasteiger partial charge in [0.15, 0.2) is 5.12 Å². The molecule has 0 unspecified atom stereocenters. The van der Waals surface area contributed by atoms with Gasteiger partial charge in [0.05, 0.1) is 0 Å². The molecule has 1 rings (SSSR count). The van der Waals surface area contributed by atoms with E-state index < -0.39 is 0 Å². The number of rotatable bonds is 2. The highest BCUT2D eigenvalue weighted by molar-refractivity contribution is 8.13. The van der Waals surface area contributed by atoms with Gasteiger partial charge in [0.1, 0.15) is 0 Å². The minimum absolute atomic E-state index is 0.410. The summed E-state index contributed by atoms with van der Waals surface area (Å²) in [4.78, 5) is 10.8. The number of hydrogen-bond acceptors (Lipinski definition) is 2. The van der Waals surface area contributed by atoms with Gasteiger partial charge >= 0.3 is 0 Å². The number of carbonyl (C=O) groups excluding carboxylic acids is 1. The highest BCUT2D eigenvalue weighted by Gasteiger charge is 2.28. The molecule has 0 amide bonds. The molecule has 1 aliphatic rings. The van der Waals surface area contributed by atoms with Crippen molar-refractivity contribution in [2.75, 3.05) is 5.75 Å². The van der Waals surface area contributed by atoms with Crippen LogP contribution >= 0.6 is 11.8 Å². The molecule has 1 nitrogen and oxygen atoms in total. The molecule has 8 heavy (non-hydrogen) atoms. The zero-order valence-electron chi connectivity index (χ0n) is 5.02. The van der Waals surface area contributed by atoms with Crippen LogP contribution in [0.25, 0.3) is 0 Å². The zero-order chi connectivity index (χ0) is 5.98. The lowest BCUT2D eigenvalue weighted by molar-refractivity contribution is -0.112. The van der Waals surface area contributed by atoms with Crippen LogP contribution in [-0.4, -0.2) is 10.9 Å². The average molecular weight is 130 g/mol. The van der Waals surface area contributed by atoms with Gasteiger partial charge in [-0.3, -0.25) is 4.79 Å². The second-order valence-electron chi connectivity index (χ2n) is 2.03. The van der Waals surface area contributed by atoms with Crippen LogP contribution < -0.4 is 0 Å². The number of carbonyl (C=O) groups is 1. The molecule has 0 atom stereocenters. The summed E-state index contributed by atoms with van der Waals surface area (Å²) in [5, 5.41) is 0.410. The third-order valence-corrected chi connectivity index (χ3v) is 2.10. The largest absolute Gasteiger partial charge is 0.287 e. The van der Waals surface area contributed by atoms with E-state index in [2.05, 4.69) is 0 Å². The quantitative estimate of drug-likeness (QED) is 0.565. The Balaban J connectivity index is 2.13. The summed E-state index contributed by atoms with van der Waals surface area (Å²) in [6.07, 6.45) is 2.29. The Morgan fingerprint density at radius 1 is 1.75 bits per heavy atom. The minimum atomic E-state index is 0.410. The molecule has 0 radical (unpaired) electrons. The second kappa shape index (κ2) is 2.53. The summed E-state index contributed by atoms with van der Waals surface area (Å²) in [6, 6.07) is 0. The normalized spacial score (nSPS) is 18.6. The predicted molar refractivity (Wildman–Crippen MR) is 35.9 cm³/mol. The van der Waals surface area contributed by atoms with Crippen molar-refractivity contribution >= 4 is 16.9 Å². The highest BCUT2D eigenvalue weighted by atomic mass is 32.2. The molecule has 0 N–H and O–H groups in total. The van der Waals surface area contributed by atoms with Gasteiger partial charge < -0.3 is 0 Å². The summed E-state index contributed by atoms with van der Waals surface area (Å²) in [5.74, 6) is 1.38. The van der Waals surface area contributed by atoms with Gasteiger partial charge in [-0.1, -0.05) is 18.7 Å². The standard InChI is InChI=1S/C6H10OS/c1-2-8-6(7)5-3-4-5/h5H,2-4H2,1H3. The fourth-order valence-corrected chi connectivity index (χ4v) is 1.34. The van der Waals surface area contributed by atoms with Crippen LogP contribution in [0.4, 0.5) is 0 Å². The summed E-state index contributed by atoms with van der Waals surface area (Å²) >= 11 is 1.46. The van der Waals surface area contributed by atoms with E-state index in [1.54, 1.807) is 0 Å². The average Bonchev–Trinajstić information content (AvgIpc) is 2.45. The van der Waals surface area contributed by atoms with E-state index in [9.17, 15) is 4.79 Å². The van der Waals surface area contributed by atoms with Gasteiger partial charge in [0, 0.05) is 5.92 Å². The van der Waals surface area contributed by atoms with Crippen molar-refractivity contribution in [2.24, 2.45) is 5.92 Å². The molecule has 2 heteroatoms. The third kappa shape index (κ3) is 1.51. The molecule has 0 aliphatic heterocycles. The Kier molecular flexibility index (Phi) is 1.95. The Morgan fingerprint density at radius 3 is 2.75 bits per heavy atom. The monoisotopic (exact) mass is 130 g/mol. The zero-order valence-corrected chi connectivity index (χ0v) is 5.83. The lowest BCUT2D eigenvalue weighted by atomic mass is 10.5. The van der Waals surface area contributed by atoms with E-state index in [0.29, 0.717) is 11.0 Å². The van der Waals surface area contributed by atoms with Crippen LogP contribution in [0.5, 0.6) is 0 Å². The van der Waals surface area contributed by atoms with Gasteiger partial charge in [-0.2, -0.15) is 0 Å². The first kappa shape index (κ1) is 6.14. The Bertz CT molecular complexity index is 96.7. The van der Waals surface area contributed by atoms with E-state index in [4.69, 9.17) is 0 Å². The van der Waals surface area contributed by atoms with E-state index in [-0.39, 0.29) is 0 Å². The smallest absolute Gasteiger partial charge is 0.192 e. The molecule has 1 fully saturated rings. The molecular weight excluding hydrogens is 120 g/mol. The first-order valence-electron chi connectivity index (χ1n) is 3.01. The maximum atomic E-state index is 10.8. The maximum Gasteiger partial charge on any atom is 0.192 e. The van der Waals surface area contributed by atoms with Crippen molar-refractivity contribution in [1.29, 1.82) is 0 Å². The lowest BCUT2D eigenvalue weighted by Crippen LogP contribution is -1.92. The van der Waals surface area contributed by atoms with Crippen molar-refractivity contribution in [3.63, 3.8) is 0 Å². The summed E-state index contributed by atoms with van der Waals surface area (Å²) in [5.41, 5.74) is 0. The molecule has 46 valence electrons. The molecule has 0 aromatic carbocycles.